The molecule has 3 heterocycles. The van der Waals surface area contributed by atoms with Crippen molar-refractivity contribution in [2.75, 3.05) is 56.7 Å². The lowest BCUT2D eigenvalue weighted by molar-refractivity contribution is 0.122. The number of ether oxygens (including phenoxy) is 2. The van der Waals surface area contributed by atoms with Crippen molar-refractivity contribution in [3.63, 3.8) is 0 Å². The molecule has 2 fully saturated rings. The molecular formula is C21H28FN5O2. The molecular weight excluding hydrogens is 373 g/mol. The van der Waals surface area contributed by atoms with Crippen LogP contribution in [0.3, 0.4) is 0 Å². The first-order valence-corrected chi connectivity index (χ1v) is 10.2. The van der Waals surface area contributed by atoms with Crippen molar-refractivity contribution < 1.29 is 13.9 Å². The Morgan fingerprint density at radius 2 is 1.93 bits per heavy atom. The van der Waals surface area contributed by atoms with Gasteiger partial charge in [-0.05, 0) is 30.5 Å². The number of piperidine rings is 1. The molecule has 156 valence electrons. The Hall–Kier alpha value is -2.45. The van der Waals surface area contributed by atoms with Gasteiger partial charge in [-0.15, -0.1) is 0 Å². The molecule has 29 heavy (non-hydrogen) atoms. The summed E-state index contributed by atoms with van der Waals surface area (Å²) in [5.41, 5.74) is 0.973. The van der Waals surface area contributed by atoms with Gasteiger partial charge >= 0.3 is 0 Å². The molecule has 0 atom stereocenters. The lowest BCUT2D eigenvalue weighted by atomic mass is 10.0. The van der Waals surface area contributed by atoms with Gasteiger partial charge in [0.25, 0.3) is 0 Å². The molecule has 0 spiro atoms. The summed E-state index contributed by atoms with van der Waals surface area (Å²) in [5.74, 6) is 1.81. The van der Waals surface area contributed by atoms with Crippen molar-refractivity contribution in [2.24, 2.45) is 0 Å². The van der Waals surface area contributed by atoms with E-state index in [-0.39, 0.29) is 11.6 Å². The topological polar surface area (TPSA) is 62.8 Å². The molecule has 0 unspecified atom stereocenters. The largest absolute Gasteiger partial charge is 0.494 e. The first-order valence-electron chi connectivity index (χ1n) is 10.2. The fourth-order valence-corrected chi connectivity index (χ4v) is 3.90. The van der Waals surface area contributed by atoms with E-state index in [0.717, 1.165) is 76.0 Å². The van der Waals surface area contributed by atoms with E-state index < -0.39 is 0 Å². The van der Waals surface area contributed by atoms with Crippen LogP contribution in [-0.2, 0) is 11.3 Å². The lowest BCUT2D eigenvalue weighted by Gasteiger charge is -2.33. The third-order valence-electron chi connectivity index (χ3n) is 5.55. The normalized spacial score (nSPS) is 18.6. The van der Waals surface area contributed by atoms with Gasteiger partial charge in [-0.3, -0.25) is 4.90 Å². The number of likely N-dealkylation sites (tertiary alicyclic amines) is 1. The quantitative estimate of drug-likeness (QED) is 0.798. The Balaban J connectivity index is 1.28. The minimum Gasteiger partial charge on any atom is -0.494 e. The van der Waals surface area contributed by atoms with E-state index in [1.165, 1.54) is 7.11 Å². The van der Waals surface area contributed by atoms with Gasteiger partial charge in [0.05, 0.1) is 20.3 Å². The van der Waals surface area contributed by atoms with Crippen LogP contribution < -0.4 is 15.0 Å². The standard InChI is InChI=1S/C21H28FN5O2/c1-28-19-3-2-16(12-18(19)22)14-26-6-4-17(5-7-26)25-20-13-21(24-15-23-20)27-8-10-29-11-9-27/h2-3,12-13,15,17H,4-11,14H2,1H3,(H,23,24,25). The van der Waals surface area contributed by atoms with Crippen LogP contribution in [0.2, 0.25) is 0 Å². The summed E-state index contributed by atoms with van der Waals surface area (Å²) < 4.78 is 24.3. The molecule has 2 aliphatic rings. The number of hydrogen-bond donors (Lipinski definition) is 1. The zero-order valence-corrected chi connectivity index (χ0v) is 16.8. The molecule has 2 aromatic rings. The Morgan fingerprint density at radius 1 is 1.14 bits per heavy atom. The summed E-state index contributed by atoms with van der Waals surface area (Å²) in [6.07, 6.45) is 3.67. The van der Waals surface area contributed by atoms with Gasteiger partial charge < -0.3 is 19.7 Å². The van der Waals surface area contributed by atoms with E-state index in [1.54, 1.807) is 18.5 Å². The van der Waals surface area contributed by atoms with Crippen molar-refractivity contribution in [3.05, 3.63) is 42.0 Å². The van der Waals surface area contributed by atoms with Crippen LogP contribution in [0.4, 0.5) is 16.0 Å². The highest BCUT2D eigenvalue weighted by Crippen LogP contribution is 2.22. The molecule has 1 aromatic carbocycles. The van der Waals surface area contributed by atoms with Crippen molar-refractivity contribution >= 4 is 11.6 Å². The molecule has 1 aromatic heterocycles. The van der Waals surface area contributed by atoms with E-state index in [0.29, 0.717) is 6.04 Å². The number of morpholine rings is 1. The van der Waals surface area contributed by atoms with Crippen molar-refractivity contribution in [3.8, 4) is 5.75 Å². The van der Waals surface area contributed by atoms with E-state index >= 15 is 0 Å². The predicted octanol–water partition coefficient (Wildman–Crippen LogP) is 2.54. The average Bonchev–Trinajstić information content (AvgIpc) is 2.76. The number of halogens is 1. The number of methoxy groups -OCH3 is 1. The fourth-order valence-electron chi connectivity index (χ4n) is 3.90. The average molecular weight is 401 g/mol. The first-order chi connectivity index (χ1) is 14.2. The van der Waals surface area contributed by atoms with Gasteiger partial charge in [0, 0.05) is 44.8 Å². The molecule has 7 nitrogen and oxygen atoms in total. The SMILES string of the molecule is COc1ccc(CN2CCC(Nc3cc(N4CCOCC4)ncn3)CC2)cc1F. The molecule has 4 rings (SSSR count). The molecule has 2 saturated heterocycles. The van der Waals surface area contributed by atoms with Gasteiger partial charge in [0.2, 0.25) is 0 Å². The van der Waals surface area contributed by atoms with Gasteiger partial charge in [-0.1, -0.05) is 6.07 Å². The second-order valence-corrected chi connectivity index (χ2v) is 7.52. The van der Waals surface area contributed by atoms with Crippen LogP contribution in [0.1, 0.15) is 18.4 Å². The van der Waals surface area contributed by atoms with Crippen LogP contribution in [-0.4, -0.2) is 67.4 Å². The maximum Gasteiger partial charge on any atom is 0.165 e. The summed E-state index contributed by atoms with van der Waals surface area (Å²) in [4.78, 5) is 13.4. The highest BCUT2D eigenvalue weighted by Gasteiger charge is 2.20. The monoisotopic (exact) mass is 401 g/mol. The molecule has 2 aliphatic heterocycles. The maximum atomic E-state index is 13.9. The minimum absolute atomic E-state index is 0.290. The third-order valence-corrected chi connectivity index (χ3v) is 5.55. The Bertz CT molecular complexity index is 807. The molecule has 0 saturated carbocycles. The minimum atomic E-state index is -0.304. The number of benzene rings is 1. The number of aromatic nitrogens is 2. The number of anilines is 2. The van der Waals surface area contributed by atoms with E-state index in [9.17, 15) is 4.39 Å². The fraction of sp³-hybridized carbons (Fsp3) is 0.524. The molecule has 8 heteroatoms. The zero-order chi connectivity index (χ0) is 20.1. The molecule has 0 amide bonds. The number of nitrogens with zero attached hydrogens (tertiary/aromatic N) is 4. The molecule has 1 N–H and O–H groups in total. The highest BCUT2D eigenvalue weighted by molar-refractivity contribution is 5.49. The zero-order valence-electron chi connectivity index (χ0n) is 16.8. The van der Waals surface area contributed by atoms with Crippen LogP contribution in [0.15, 0.2) is 30.6 Å². The van der Waals surface area contributed by atoms with E-state index in [2.05, 4.69) is 25.1 Å². The Labute approximate surface area is 170 Å². The van der Waals surface area contributed by atoms with E-state index in [1.807, 2.05) is 12.1 Å². The molecule has 0 bridgehead atoms. The van der Waals surface area contributed by atoms with Crippen LogP contribution in [0, 0.1) is 5.82 Å². The second kappa shape index (κ2) is 9.37. The number of rotatable bonds is 6. The number of hydrogen-bond acceptors (Lipinski definition) is 7. The third kappa shape index (κ3) is 5.13. The van der Waals surface area contributed by atoms with Crippen molar-refractivity contribution in [2.45, 2.75) is 25.4 Å². The highest BCUT2D eigenvalue weighted by atomic mass is 19.1. The van der Waals surface area contributed by atoms with Gasteiger partial charge in [-0.25, -0.2) is 14.4 Å². The van der Waals surface area contributed by atoms with Crippen LogP contribution in [0.25, 0.3) is 0 Å². The maximum absolute atomic E-state index is 13.9. The second-order valence-electron chi connectivity index (χ2n) is 7.52. The smallest absolute Gasteiger partial charge is 0.165 e. The van der Waals surface area contributed by atoms with Crippen molar-refractivity contribution in [1.82, 2.24) is 14.9 Å². The van der Waals surface area contributed by atoms with Gasteiger partial charge in [0.1, 0.15) is 18.0 Å². The summed E-state index contributed by atoms with van der Waals surface area (Å²) in [6.45, 7) is 5.88. The van der Waals surface area contributed by atoms with E-state index in [4.69, 9.17) is 9.47 Å². The molecule has 0 aliphatic carbocycles. The van der Waals surface area contributed by atoms with Gasteiger partial charge in [-0.2, -0.15) is 0 Å². The predicted molar refractivity (Wildman–Crippen MR) is 110 cm³/mol. The first kappa shape index (κ1) is 19.8. The summed E-state index contributed by atoms with van der Waals surface area (Å²) in [7, 11) is 1.48. The summed E-state index contributed by atoms with van der Waals surface area (Å²) >= 11 is 0. The van der Waals surface area contributed by atoms with Crippen LogP contribution >= 0.6 is 0 Å². The van der Waals surface area contributed by atoms with Gasteiger partial charge in [0.15, 0.2) is 11.6 Å². The van der Waals surface area contributed by atoms with Crippen molar-refractivity contribution in [1.29, 1.82) is 0 Å². The Morgan fingerprint density at radius 3 is 2.66 bits per heavy atom. The number of nitrogens with one attached hydrogen (secondary N) is 1. The van der Waals surface area contributed by atoms with Crippen LogP contribution in [0.5, 0.6) is 5.75 Å². The summed E-state index contributed by atoms with van der Waals surface area (Å²) in [6, 6.07) is 7.60. The molecule has 0 radical (unpaired) electrons. The lowest BCUT2D eigenvalue weighted by Crippen LogP contribution is -2.39. The summed E-state index contributed by atoms with van der Waals surface area (Å²) in [5, 5.41) is 3.56. The Kier molecular flexibility index (Phi) is 6.41.